The van der Waals surface area contributed by atoms with E-state index in [0.29, 0.717) is 6.42 Å². The first kappa shape index (κ1) is 14.9. The van der Waals surface area contributed by atoms with Gasteiger partial charge in [-0.2, -0.15) is 0 Å². The van der Waals surface area contributed by atoms with Crippen LogP contribution in [-0.2, 0) is 14.4 Å². The minimum atomic E-state index is -0.732. The summed E-state index contributed by atoms with van der Waals surface area (Å²) >= 11 is 0. The molecule has 2 amide bonds. The first-order valence-corrected chi connectivity index (χ1v) is 7.06. The molecule has 0 saturated carbocycles. The number of hydrogen-bond donors (Lipinski definition) is 1. The van der Waals surface area contributed by atoms with Crippen molar-refractivity contribution in [3.63, 3.8) is 0 Å². The maximum Gasteiger partial charge on any atom is 0.294 e. The molecule has 1 aliphatic heterocycles. The van der Waals surface area contributed by atoms with Crippen LogP contribution < -0.4 is 5.32 Å². The summed E-state index contributed by atoms with van der Waals surface area (Å²) in [4.78, 5) is 33.6. The fraction of sp³-hybridized carbons (Fsp3) is 0.786. The first-order chi connectivity index (χ1) is 8.66. The van der Waals surface area contributed by atoms with Crippen LogP contribution in [0, 0.1) is 5.92 Å². The van der Waals surface area contributed by atoms with Gasteiger partial charge in [0.15, 0.2) is 0 Å². The van der Waals surface area contributed by atoms with Crippen molar-refractivity contribution in [1.29, 1.82) is 0 Å². The molecule has 1 heterocycles. The molecule has 0 aliphatic carbocycles. The molecule has 1 N–H and O–H groups in total. The Labute approximate surface area is 109 Å². The monoisotopic (exact) mass is 253 g/mol. The lowest BCUT2D eigenvalue weighted by atomic mass is 9.98. The predicted molar refractivity (Wildman–Crippen MR) is 68.9 cm³/mol. The maximum absolute atomic E-state index is 11.3. The summed E-state index contributed by atoms with van der Waals surface area (Å²) in [6.07, 6.45) is 9.92. The van der Waals surface area contributed by atoms with E-state index in [4.69, 9.17) is 0 Å². The molecule has 4 nitrogen and oxygen atoms in total. The molecule has 0 aromatic carbocycles. The summed E-state index contributed by atoms with van der Waals surface area (Å²) < 4.78 is 0. The lowest BCUT2D eigenvalue weighted by Crippen LogP contribution is -2.22. The van der Waals surface area contributed by atoms with Crippen LogP contribution in [-0.4, -0.2) is 17.6 Å². The summed E-state index contributed by atoms with van der Waals surface area (Å²) in [5.74, 6) is -2.40. The topological polar surface area (TPSA) is 63.2 Å². The molecule has 1 rings (SSSR count). The van der Waals surface area contributed by atoms with Crippen molar-refractivity contribution in [3.05, 3.63) is 0 Å². The number of hydrogen-bond acceptors (Lipinski definition) is 3. The zero-order valence-electron chi connectivity index (χ0n) is 11.2. The van der Waals surface area contributed by atoms with E-state index in [1.807, 2.05) is 0 Å². The van der Waals surface area contributed by atoms with E-state index < -0.39 is 23.5 Å². The van der Waals surface area contributed by atoms with E-state index in [-0.39, 0.29) is 0 Å². The van der Waals surface area contributed by atoms with Crippen LogP contribution in [0.5, 0.6) is 0 Å². The second kappa shape index (κ2) is 8.01. The smallest absolute Gasteiger partial charge is 0.289 e. The van der Waals surface area contributed by atoms with Crippen molar-refractivity contribution >= 4 is 17.6 Å². The van der Waals surface area contributed by atoms with Crippen LogP contribution in [0.25, 0.3) is 0 Å². The number of carbonyl (C=O) groups is 3. The van der Waals surface area contributed by atoms with E-state index in [1.54, 1.807) is 0 Å². The third-order valence-corrected chi connectivity index (χ3v) is 3.44. The van der Waals surface area contributed by atoms with Crippen molar-refractivity contribution in [3.8, 4) is 0 Å². The number of rotatable bonds is 9. The number of amides is 2. The molecule has 0 bridgehead atoms. The first-order valence-electron chi connectivity index (χ1n) is 7.06. The van der Waals surface area contributed by atoms with Gasteiger partial charge in [0.05, 0.1) is 0 Å². The highest BCUT2D eigenvalue weighted by Gasteiger charge is 2.39. The molecule has 1 unspecified atom stereocenters. The minimum absolute atomic E-state index is 0.409. The number of imide groups is 1. The Morgan fingerprint density at radius 2 is 1.44 bits per heavy atom. The molecule has 1 fully saturated rings. The van der Waals surface area contributed by atoms with Gasteiger partial charge < -0.3 is 0 Å². The highest BCUT2D eigenvalue weighted by atomic mass is 16.2. The van der Waals surface area contributed by atoms with Crippen LogP contribution in [0.1, 0.15) is 64.7 Å². The molecule has 102 valence electrons. The van der Waals surface area contributed by atoms with Crippen molar-refractivity contribution < 1.29 is 14.4 Å². The molecular weight excluding hydrogens is 230 g/mol. The quantitative estimate of drug-likeness (QED) is 0.297. The van der Waals surface area contributed by atoms with Gasteiger partial charge in [0.1, 0.15) is 5.92 Å². The van der Waals surface area contributed by atoms with E-state index in [2.05, 4.69) is 12.2 Å². The van der Waals surface area contributed by atoms with Crippen molar-refractivity contribution in [2.24, 2.45) is 5.92 Å². The molecule has 0 radical (unpaired) electrons. The SMILES string of the molecule is CCCCCCCCCCC1C(=O)NC(=O)C1=O. The lowest BCUT2D eigenvalue weighted by Gasteiger charge is -2.04. The highest BCUT2D eigenvalue weighted by Crippen LogP contribution is 2.17. The average Bonchev–Trinajstić information content (AvgIpc) is 2.58. The Hall–Kier alpha value is -1.19. The number of nitrogens with one attached hydrogen (secondary N) is 1. The second-order valence-electron chi connectivity index (χ2n) is 5.00. The zero-order valence-corrected chi connectivity index (χ0v) is 11.2. The van der Waals surface area contributed by atoms with Gasteiger partial charge in [0.25, 0.3) is 5.91 Å². The Balaban J connectivity index is 2.03. The van der Waals surface area contributed by atoms with E-state index in [1.165, 1.54) is 32.1 Å². The summed E-state index contributed by atoms with van der Waals surface area (Å²) in [6, 6.07) is 0. The van der Waals surface area contributed by atoms with Crippen molar-refractivity contribution in [1.82, 2.24) is 5.32 Å². The van der Waals surface area contributed by atoms with Gasteiger partial charge in [-0.15, -0.1) is 0 Å². The average molecular weight is 253 g/mol. The van der Waals surface area contributed by atoms with Crippen LogP contribution in [0.15, 0.2) is 0 Å². The fourth-order valence-corrected chi connectivity index (χ4v) is 2.28. The summed E-state index contributed by atoms with van der Waals surface area (Å²) in [7, 11) is 0. The third kappa shape index (κ3) is 4.59. The third-order valence-electron chi connectivity index (χ3n) is 3.44. The highest BCUT2D eigenvalue weighted by molar-refractivity contribution is 6.48. The second-order valence-corrected chi connectivity index (χ2v) is 5.00. The molecule has 0 aromatic heterocycles. The molecule has 1 atom stereocenters. The van der Waals surface area contributed by atoms with Gasteiger partial charge >= 0.3 is 0 Å². The van der Waals surface area contributed by atoms with Gasteiger partial charge in [-0.05, 0) is 6.42 Å². The number of carbonyl (C=O) groups excluding carboxylic acids is 3. The molecule has 1 aliphatic rings. The van der Waals surface area contributed by atoms with Crippen LogP contribution in [0.2, 0.25) is 0 Å². The van der Waals surface area contributed by atoms with Gasteiger partial charge in [-0.1, -0.05) is 58.3 Å². The maximum atomic E-state index is 11.3. The van der Waals surface area contributed by atoms with Crippen LogP contribution in [0.4, 0.5) is 0 Å². The van der Waals surface area contributed by atoms with Crippen molar-refractivity contribution in [2.45, 2.75) is 64.7 Å². The summed E-state index contributed by atoms with van der Waals surface area (Å²) in [5.41, 5.74) is 0. The standard InChI is InChI=1S/C14H23NO3/c1-2-3-4-5-6-7-8-9-10-11-12(16)14(18)15-13(11)17/h11H,2-10H2,1H3,(H,15,17,18). The van der Waals surface area contributed by atoms with Gasteiger partial charge in [0.2, 0.25) is 11.7 Å². The van der Waals surface area contributed by atoms with Crippen molar-refractivity contribution in [2.75, 3.05) is 0 Å². The van der Waals surface area contributed by atoms with E-state index in [9.17, 15) is 14.4 Å². The normalized spacial score (nSPS) is 19.4. The van der Waals surface area contributed by atoms with Crippen LogP contribution >= 0.6 is 0 Å². The Morgan fingerprint density at radius 1 is 0.889 bits per heavy atom. The molecule has 0 spiro atoms. The van der Waals surface area contributed by atoms with Crippen LogP contribution in [0.3, 0.4) is 0 Å². The molecule has 0 aromatic rings. The summed E-state index contributed by atoms with van der Waals surface area (Å²) in [5, 5.41) is 2.06. The number of Topliss-reactive ketones (excluding diaryl/α,β-unsaturated/α-hetero) is 1. The molecular formula is C14H23NO3. The number of unbranched alkanes of at least 4 members (excludes halogenated alkanes) is 7. The lowest BCUT2D eigenvalue weighted by molar-refractivity contribution is -0.136. The largest absolute Gasteiger partial charge is 0.294 e. The predicted octanol–water partition coefficient (Wildman–Crippen LogP) is 2.36. The van der Waals surface area contributed by atoms with Gasteiger partial charge in [0, 0.05) is 0 Å². The molecule has 1 saturated heterocycles. The summed E-state index contributed by atoms with van der Waals surface area (Å²) in [6.45, 7) is 2.20. The number of ketones is 1. The molecule has 4 heteroatoms. The Morgan fingerprint density at radius 3 is 1.94 bits per heavy atom. The van der Waals surface area contributed by atoms with Gasteiger partial charge in [-0.25, -0.2) is 0 Å². The minimum Gasteiger partial charge on any atom is -0.289 e. The fourth-order valence-electron chi connectivity index (χ4n) is 2.28. The Bertz CT molecular complexity index is 312. The Kier molecular flexibility index (Phi) is 6.61. The van der Waals surface area contributed by atoms with E-state index in [0.717, 1.165) is 19.3 Å². The van der Waals surface area contributed by atoms with Gasteiger partial charge in [-0.3, -0.25) is 19.7 Å². The van der Waals surface area contributed by atoms with E-state index >= 15 is 0 Å². The molecule has 18 heavy (non-hydrogen) atoms. The zero-order chi connectivity index (χ0) is 13.4.